The summed E-state index contributed by atoms with van der Waals surface area (Å²) in [7, 11) is -0.943. The van der Waals surface area contributed by atoms with E-state index in [0.717, 1.165) is 6.42 Å². The first-order valence-corrected chi connectivity index (χ1v) is 9.79. The minimum absolute atomic E-state index is 0.461. The van der Waals surface area contributed by atoms with Gasteiger partial charge in [0.15, 0.2) is 0 Å². The summed E-state index contributed by atoms with van der Waals surface area (Å²) in [4.78, 5) is 0. The largest absolute Gasteiger partial charge is 0.390 e. The molecule has 0 heterocycles. The van der Waals surface area contributed by atoms with Gasteiger partial charge in [-0.3, -0.25) is 0 Å². The van der Waals surface area contributed by atoms with Crippen LogP contribution in [0.15, 0.2) is 11.6 Å². The topological polar surface area (TPSA) is 20.2 Å². The Balaban J connectivity index is 2.53. The van der Waals surface area contributed by atoms with E-state index in [1.54, 1.807) is 5.57 Å². The van der Waals surface area contributed by atoms with Gasteiger partial charge in [-0.25, -0.2) is 0 Å². The summed E-state index contributed by atoms with van der Waals surface area (Å²) in [5.74, 6) is 0.461. The third-order valence-corrected chi connectivity index (χ3v) is 4.78. The highest BCUT2D eigenvalue weighted by Gasteiger charge is 2.28. The van der Waals surface area contributed by atoms with Crippen molar-refractivity contribution in [2.45, 2.75) is 64.4 Å². The van der Waals surface area contributed by atoms with E-state index in [0.29, 0.717) is 5.92 Å². The van der Waals surface area contributed by atoms with Crippen molar-refractivity contribution in [3.8, 4) is 0 Å². The van der Waals surface area contributed by atoms with E-state index in [1.165, 1.54) is 18.9 Å². The highest BCUT2D eigenvalue weighted by atomic mass is 28.3. The maximum absolute atomic E-state index is 9.94. The Bertz CT molecular complexity index is 242. The second-order valence-electron chi connectivity index (χ2n) is 6.72. The van der Waals surface area contributed by atoms with Gasteiger partial charge in [0, 0.05) is 8.07 Å². The number of hydrogen-bond acceptors (Lipinski definition) is 1. The van der Waals surface area contributed by atoms with E-state index in [9.17, 15) is 5.11 Å². The molecule has 15 heavy (non-hydrogen) atoms. The lowest BCUT2D eigenvalue weighted by Gasteiger charge is -2.33. The third kappa shape index (κ3) is 4.52. The molecule has 1 nitrogen and oxygen atoms in total. The summed E-state index contributed by atoms with van der Waals surface area (Å²) >= 11 is 0. The fourth-order valence-electron chi connectivity index (χ4n) is 2.37. The van der Waals surface area contributed by atoms with Crippen LogP contribution in [0.3, 0.4) is 0 Å². The van der Waals surface area contributed by atoms with Crippen LogP contribution in [-0.4, -0.2) is 18.8 Å². The van der Waals surface area contributed by atoms with Crippen LogP contribution in [0.2, 0.25) is 25.7 Å². The Labute approximate surface area is 95.6 Å². The minimum atomic E-state index is -0.943. The summed E-state index contributed by atoms with van der Waals surface area (Å²) < 4.78 is 0. The quantitative estimate of drug-likeness (QED) is 0.573. The Morgan fingerprint density at radius 2 is 2.00 bits per heavy atom. The molecule has 0 radical (unpaired) electrons. The molecule has 88 valence electrons. The van der Waals surface area contributed by atoms with Crippen LogP contribution in [0.4, 0.5) is 0 Å². The van der Waals surface area contributed by atoms with Crippen LogP contribution in [0.25, 0.3) is 0 Å². The van der Waals surface area contributed by atoms with Gasteiger partial charge in [-0.05, 0) is 45.1 Å². The Morgan fingerprint density at radius 3 is 2.33 bits per heavy atom. The van der Waals surface area contributed by atoms with Gasteiger partial charge in [0.1, 0.15) is 0 Å². The first-order valence-electron chi connectivity index (χ1n) is 6.09. The molecule has 2 heteroatoms. The van der Waals surface area contributed by atoms with Gasteiger partial charge in [-0.1, -0.05) is 31.3 Å². The second kappa shape index (κ2) is 4.42. The molecule has 0 aromatic carbocycles. The highest BCUT2D eigenvalue weighted by molar-refractivity contribution is 6.76. The molecule has 1 aliphatic rings. The van der Waals surface area contributed by atoms with Gasteiger partial charge in [-0.15, -0.1) is 0 Å². The van der Waals surface area contributed by atoms with Crippen LogP contribution < -0.4 is 0 Å². The number of aliphatic hydroxyl groups is 1. The summed E-state index contributed by atoms with van der Waals surface area (Å²) in [6, 6.07) is 1.34. The van der Waals surface area contributed by atoms with Crippen molar-refractivity contribution in [3.63, 3.8) is 0 Å². The van der Waals surface area contributed by atoms with Crippen LogP contribution in [0.5, 0.6) is 0 Å². The molecule has 0 aliphatic heterocycles. The van der Waals surface area contributed by atoms with Crippen molar-refractivity contribution in [3.05, 3.63) is 11.6 Å². The van der Waals surface area contributed by atoms with Gasteiger partial charge in [-0.2, -0.15) is 0 Å². The fourth-order valence-corrected chi connectivity index (χ4v) is 4.06. The van der Waals surface area contributed by atoms with Crippen molar-refractivity contribution < 1.29 is 5.11 Å². The average molecular weight is 226 g/mol. The van der Waals surface area contributed by atoms with E-state index in [1.807, 2.05) is 13.8 Å². The predicted molar refractivity (Wildman–Crippen MR) is 69.9 cm³/mol. The molecule has 0 bridgehead atoms. The van der Waals surface area contributed by atoms with Crippen LogP contribution in [0, 0.1) is 5.92 Å². The van der Waals surface area contributed by atoms with Crippen molar-refractivity contribution in [1.82, 2.24) is 0 Å². The molecule has 0 aromatic rings. The Hall–Kier alpha value is -0.0831. The first-order chi connectivity index (χ1) is 6.68. The zero-order valence-corrected chi connectivity index (χ0v) is 11.9. The predicted octanol–water partition coefficient (Wildman–Crippen LogP) is 3.82. The minimum Gasteiger partial charge on any atom is -0.390 e. The standard InChI is InChI=1S/C13H26OSi/c1-13(2,14)12-8-6-11(7-9-12)10-15(3,4)5/h6,12,14H,7-10H2,1-5H3. The molecule has 1 aliphatic carbocycles. The molecule has 0 saturated heterocycles. The molecule has 1 N–H and O–H groups in total. The molecule has 0 aromatic heterocycles. The van der Waals surface area contributed by atoms with Crippen LogP contribution in [0.1, 0.15) is 33.1 Å². The van der Waals surface area contributed by atoms with E-state index >= 15 is 0 Å². The fraction of sp³-hybridized carbons (Fsp3) is 0.846. The Kier molecular flexibility index (Phi) is 3.83. The van der Waals surface area contributed by atoms with Gasteiger partial charge in [0.05, 0.1) is 5.60 Å². The third-order valence-electron chi connectivity index (χ3n) is 3.26. The highest BCUT2D eigenvalue weighted by Crippen LogP contribution is 2.34. The second-order valence-corrected chi connectivity index (χ2v) is 12.2. The summed E-state index contributed by atoms with van der Waals surface area (Å²) in [5.41, 5.74) is 1.15. The van der Waals surface area contributed by atoms with Crippen molar-refractivity contribution >= 4 is 8.07 Å². The number of allylic oxidation sites excluding steroid dienone is 2. The van der Waals surface area contributed by atoms with Crippen LogP contribution >= 0.6 is 0 Å². The van der Waals surface area contributed by atoms with Crippen molar-refractivity contribution in [2.75, 3.05) is 0 Å². The molecular formula is C13H26OSi. The Morgan fingerprint density at radius 1 is 1.40 bits per heavy atom. The lowest BCUT2D eigenvalue weighted by molar-refractivity contribution is 0.0126. The molecule has 0 fully saturated rings. The maximum Gasteiger partial charge on any atom is 0.0622 e. The monoisotopic (exact) mass is 226 g/mol. The molecule has 0 saturated carbocycles. The van der Waals surface area contributed by atoms with Gasteiger partial charge in [0.2, 0.25) is 0 Å². The number of hydrogen-bond donors (Lipinski definition) is 1. The molecule has 0 amide bonds. The average Bonchev–Trinajstić information content (AvgIpc) is 2.00. The van der Waals surface area contributed by atoms with Gasteiger partial charge < -0.3 is 5.11 Å². The molecule has 1 atom stereocenters. The zero-order valence-electron chi connectivity index (χ0n) is 10.9. The van der Waals surface area contributed by atoms with E-state index in [-0.39, 0.29) is 0 Å². The lowest BCUT2D eigenvalue weighted by Crippen LogP contribution is -2.32. The molecule has 1 rings (SSSR count). The SMILES string of the molecule is CC(C)(O)C1CC=C(C[Si](C)(C)C)CC1. The lowest BCUT2D eigenvalue weighted by atomic mass is 9.80. The van der Waals surface area contributed by atoms with Crippen molar-refractivity contribution in [2.24, 2.45) is 5.92 Å². The summed E-state index contributed by atoms with van der Waals surface area (Å²) in [5, 5.41) is 9.94. The van der Waals surface area contributed by atoms with Crippen LogP contribution in [-0.2, 0) is 0 Å². The molecular weight excluding hydrogens is 200 g/mol. The molecule has 0 spiro atoms. The molecule has 1 unspecified atom stereocenters. The van der Waals surface area contributed by atoms with Gasteiger partial charge >= 0.3 is 0 Å². The van der Waals surface area contributed by atoms with E-state index in [2.05, 4.69) is 25.7 Å². The smallest absolute Gasteiger partial charge is 0.0622 e. The zero-order chi connectivity index (χ0) is 11.7. The van der Waals surface area contributed by atoms with E-state index in [4.69, 9.17) is 0 Å². The summed E-state index contributed by atoms with van der Waals surface area (Å²) in [6.07, 6.45) is 5.84. The number of rotatable bonds is 3. The normalized spacial score (nSPS) is 23.9. The summed E-state index contributed by atoms with van der Waals surface area (Å²) in [6.45, 7) is 11.2. The van der Waals surface area contributed by atoms with Crippen molar-refractivity contribution in [1.29, 1.82) is 0 Å². The van der Waals surface area contributed by atoms with Gasteiger partial charge in [0.25, 0.3) is 0 Å². The first kappa shape index (κ1) is 13.0. The maximum atomic E-state index is 9.94. The van der Waals surface area contributed by atoms with E-state index < -0.39 is 13.7 Å².